The first-order valence-electron chi connectivity index (χ1n) is 9.24. The van der Waals surface area contributed by atoms with Gasteiger partial charge in [-0.2, -0.15) is 5.10 Å². The van der Waals surface area contributed by atoms with E-state index in [0.29, 0.717) is 19.8 Å². The van der Waals surface area contributed by atoms with E-state index in [1.807, 2.05) is 36.7 Å². The first-order chi connectivity index (χ1) is 12.6. The van der Waals surface area contributed by atoms with Gasteiger partial charge in [0.2, 0.25) is 5.91 Å². The average molecular weight is 356 g/mol. The summed E-state index contributed by atoms with van der Waals surface area (Å²) in [4.78, 5) is 12.4. The summed E-state index contributed by atoms with van der Waals surface area (Å²) in [6.45, 7) is 6.59. The van der Waals surface area contributed by atoms with Crippen LogP contribution in [0.5, 0.6) is 0 Å². The Morgan fingerprint density at radius 1 is 1.31 bits per heavy atom. The highest BCUT2D eigenvalue weighted by atomic mass is 16.5. The SMILES string of the molecule is Cc1nn(Cc2ccccc2)c(C)c1CNC(=O)C(N)C1CCOCC1. The molecule has 0 saturated carbocycles. The second kappa shape index (κ2) is 8.47. The molecule has 1 fully saturated rings. The van der Waals surface area contributed by atoms with Gasteiger partial charge in [0.1, 0.15) is 0 Å². The molecule has 1 atom stereocenters. The third-order valence-electron chi connectivity index (χ3n) is 5.22. The van der Waals surface area contributed by atoms with Gasteiger partial charge in [-0.1, -0.05) is 30.3 Å². The first-order valence-corrected chi connectivity index (χ1v) is 9.24. The highest BCUT2D eigenvalue weighted by Gasteiger charge is 2.26. The summed E-state index contributed by atoms with van der Waals surface area (Å²) in [5.41, 5.74) is 10.4. The first kappa shape index (κ1) is 18.6. The number of hydrogen-bond donors (Lipinski definition) is 2. The average Bonchev–Trinajstić information content (AvgIpc) is 2.93. The van der Waals surface area contributed by atoms with Gasteiger partial charge in [-0.3, -0.25) is 9.48 Å². The number of nitrogens with one attached hydrogen (secondary N) is 1. The number of benzene rings is 1. The van der Waals surface area contributed by atoms with Crippen molar-refractivity contribution in [1.82, 2.24) is 15.1 Å². The summed E-state index contributed by atoms with van der Waals surface area (Å²) in [5, 5.41) is 7.63. The highest BCUT2D eigenvalue weighted by molar-refractivity contribution is 5.81. The van der Waals surface area contributed by atoms with E-state index in [2.05, 4.69) is 22.5 Å². The lowest BCUT2D eigenvalue weighted by molar-refractivity contribution is -0.124. The Balaban J connectivity index is 1.61. The number of aryl methyl sites for hydroxylation is 1. The highest BCUT2D eigenvalue weighted by Crippen LogP contribution is 2.18. The summed E-state index contributed by atoms with van der Waals surface area (Å²) >= 11 is 0. The van der Waals surface area contributed by atoms with Crippen molar-refractivity contribution in [3.8, 4) is 0 Å². The molecule has 0 radical (unpaired) electrons. The predicted molar refractivity (Wildman–Crippen MR) is 101 cm³/mol. The van der Waals surface area contributed by atoms with Crippen LogP contribution in [0, 0.1) is 19.8 Å². The molecule has 0 spiro atoms. The quantitative estimate of drug-likeness (QED) is 0.828. The van der Waals surface area contributed by atoms with Crippen molar-refractivity contribution in [2.24, 2.45) is 11.7 Å². The molecule has 140 valence electrons. The second-order valence-electron chi connectivity index (χ2n) is 6.99. The van der Waals surface area contributed by atoms with E-state index in [-0.39, 0.29) is 11.8 Å². The number of rotatable bonds is 6. The van der Waals surface area contributed by atoms with Crippen molar-refractivity contribution in [1.29, 1.82) is 0 Å². The van der Waals surface area contributed by atoms with Crippen molar-refractivity contribution in [2.75, 3.05) is 13.2 Å². The Morgan fingerprint density at radius 2 is 2.00 bits per heavy atom. The number of amides is 1. The smallest absolute Gasteiger partial charge is 0.237 e. The van der Waals surface area contributed by atoms with E-state index in [1.54, 1.807) is 0 Å². The van der Waals surface area contributed by atoms with Crippen molar-refractivity contribution in [2.45, 2.75) is 45.8 Å². The Kier molecular flexibility index (Phi) is 6.06. The van der Waals surface area contributed by atoms with Crippen LogP contribution in [-0.2, 0) is 22.6 Å². The number of nitrogens with two attached hydrogens (primary N) is 1. The molecule has 3 N–H and O–H groups in total. The molecule has 6 nitrogen and oxygen atoms in total. The molecule has 1 unspecified atom stereocenters. The third-order valence-corrected chi connectivity index (χ3v) is 5.22. The summed E-state index contributed by atoms with van der Waals surface area (Å²) in [5.74, 6) is 0.109. The van der Waals surface area contributed by atoms with Crippen LogP contribution in [0.4, 0.5) is 0 Å². The van der Waals surface area contributed by atoms with Crippen LogP contribution in [-0.4, -0.2) is 34.9 Å². The number of hydrogen-bond acceptors (Lipinski definition) is 4. The number of carbonyl (C=O) groups excluding carboxylic acids is 1. The molecule has 1 aromatic heterocycles. The maximum Gasteiger partial charge on any atom is 0.237 e. The molecular formula is C20H28N4O2. The second-order valence-corrected chi connectivity index (χ2v) is 6.99. The number of aromatic nitrogens is 2. The topological polar surface area (TPSA) is 82.2 Å². The van der Waals surface area contributed by atoms with E-state index >= 15 is 0 Å². The van der Waals surface area contributed by atoms with Gasteiger partial charge in [-0.05, 0) is 38.2 Å². The summed E-state index contributed by atoms with van der Waals surface area (Å²) in [6, 6.07) is 9.77. The Morgan fingerprint density at radius 3 is 2.69 bits per heavy atom. The summed E-state index contributed by atoms with van der Waals surface area (Å²) < 4.78 is 7.33. The van der Waals surface area contributed by atoms with E-state index < -0.39 is 6.04 Å². The van der Waals surface area contributed by atoms with Crippen molar-refractivity contribution >= 4 is 5.91 Å². The van der Waals surface area contributed by atoms with Crippen LogP contribution >= 0.6 is 0 Å². The molecule has 0 bridgehead atoms. The van der Waals surface area contributed by atoms with Crippen LogP contribution in [0.15, 0.2) is 30.3 Å². The molecule has 2 aromatic rings. The van der Waals surface area contributed by atoms with E-state index in [1.165, 1.54) is 5.56 Å². The third kappa shape index (κ3) is 4.31. The van der Waals surface area contributed by atoms with Gasteiger partial charge in [-0.25, -0.2) is 0 Å². The standard InChI is InChI=1S/C20H28N4O2/c1-14-18(12-22-20(25)19(21)17-8-10-26-11-9-17)15(2)24(23-14)13-16-6-4-3-5-7-16/h3-7,17,19H,8-13,21H2,1-2H3,(H,22,25). The molecule has 1 aliphatic rings. The number of ether oxygens (including phenoxy) is 1. The lowest BCUT2D eigenvalue weighted by Gasteiger charge is -2.26. The Labute approximate surface area is 154 Å². The van der Waals surface area contributed by atoms with Crippen molar-refractivity contribution in [3.05, 3.63) is 52.8 Å². The molecule has 0 aliphatic carbocycles. The maximum absolute atomic E-state index is 12.4. The zero-order chi connectivity index (χ0) is 18.5. The Hall–Kier alpha value is -2.18. The van der Waals surface area contributed by atoms with E-state index in [0.717, 1.165) is 36.3 Å². The molecule has 6 heteroatoms. The summed E-state index contributed by atoms with van der Waals surface area (Å²) in [6.07, 6.45) is 1.70. The van der Waals surface area contributed by atoms with Gasteiger partial charge in [0.05, 0.1) is 18.3 Å². The molecule has 1 aromatic carbocycles. The normalized spacial score (nSPS) is 16.4. The van der Waals surface area contributed by atoms with E-state index in [9.17, 15) is 4.79 Å². The monoisotopic (exact) mass is 356 g/mol. The molecular weight excluding hydrogens is 328 g/mol. The van der Waals surface area contributed by atoms with Crippen molar-refractivity contribution in [3.63, 3.8) is 0 Å². The lowest BCUT2D eigenvalue weighted by atomic mass is 9.92. The molecule has 1 amide bonds. The maximum atomic E-state index is 12.4. The van der Waals surface area contributed by atoms with Gasteiger partial charge in [-0.15, -0.1) is 0 Å². The van der Waals surface area contributed by atoms with Crippen LogP contribution in [0.2, 0.25) is 0 Å². The minimum atomic E-state index is -0.473. The fourth-order valence-corrected chi connectivity index (χ4v) is 3.48. The molecule has 3 rings (SSSR count). The van der Waals surface area contributed by atoms with Crippen LogP contribution in [0.1, 0.15) is 35.4 Å². The zero-order valence-corrected chi connectivity index (χ0v) is 15.6. The van der Waals surface area contributed by atoms with Crippen LogP contribution < -0.4 is 11.1 Å². The minimum Gasteiger partial charge on any atom is -0.381 e. The van der Waals surface area contributed by atoms with Gasteiger partial charge in [0.15, 0.2) is 0 Å². The minimum absolute atomic E-state index is 0.0912. The number of carbonyl (C=O) groups is 1. The fraction of sp³-hybridized carbons (Fsp3) is 0.500. The number of nitrogens with zero attached hydrogens (tertiary/aromatic N) is 2. The molecule has 1 aliphatic heterocycles. The van der Waals surface area contributed by atoms with Crippen LogP contribution in [0.25, 0.3) is 0 Å². The van der Waals surface area contributed by atoms with Crippen molar-refractivity contribution < 1.29 is 9.53 Å². The largest absolute Gasteiger partial charge is 0.381 e. The Bertz CT molecular complexity index is 736. The van der Waals surface area contributed by atoms with Gasteiger partial charge in [0.25, 0.3) is 0 Å². The molecule has 26 heavy (non-hydrogen) atoms. The predicted octanol–water partition coefficient (Wildman–Crippen LogP) is 1.92. The van der Waals surface area contributed by atoms with E-state index in [4.69, 9.17) is 10.5 Å². The van der Waals surface area contributed by atoms with Gasteiger partial charge >= 0.3 is 0 Å². The summed E-state index contributed by atoms with van der Waals surface area (Å²) in [7, 11) is 0. The molecule has 2 heterocycles. The van der Waals surface area contributed by atoms with Gasteiger partial charge in [0, 0.05) is 31.0 Å². The lowest BCUT2D eigenvalue weighted by Crippen LogP contribution is -2.46. The van der Waals surface area contributed by atoms with Crippen LogP contribution in [0.3, 0.4) is 0 Å². The van der Waals surface area contributed by atoms with Gasteiger partial charge < -0.3 is 15.8 Å². The molecule has 1 saturated heterocycles. The zero-order valence-electron chi connectivity index (χ0n) is 15.6. The fourth-order valence-electron chi connectivity index (χ4n) is 3.48.